The molecule has 1 aliphatic rings. The highest BCUT2D eigenvalue weighted by atomic mass is 16.2. The number of rotatable bonds is 3. The highest BCUT2D eigenvalue weighted by Gasteiger charge is 2.15. The average molecular weight is 285 g/mol. The summed E-state index contributed by atoms with van der Waals surface area (Å²) in [5, 5.41) is 5.84. The molecule has 1 aliphatic carbocycles. The van der Waals surface area contributed by atoms with Gasteiger partial charge in [0, 0.05) is 18.4 Å². The Bertz CT molecular complexity index is 573. The Hall–Kier alpha value is -2.37. The summed E-state index contributed by atoms with van der Waals surface area (Å²) in [4.78, 5) is 20.2. The van der Waals surface area contributed by atoms with E-state index in [4.69, 9.17) is 0 Å². The molecule has 0 aliphatic heterocycles. The van der Waals surface area contributed by atoms with Crippen molar-refractivity contribution in [1.29, 1.82) is 0 Å². The van der Waals surface area contributed by atoms with Gasteiger partial charge in [-0.1, -0.05) is 19.3 Å². The van der Waals surface area contributed by atoms with Crippen molar-refractivity contribution in [2.45, 2.75) is 38.1 Å². The van der Waals surface area contributed by atoms with Gasteiger partial charge < -0.3 is 10.6 Å². The monoisotopic (exact) mass is 285 g/mol. The lowest BCUT2D eigenvalue weighted by Crippen LogP contribution is -2.39. The number of urea groups is 1. The van der Waals surface area contributed by atoms with Crippen LogP contribution in [0.25, 0.3) is 5.82 Å². The number of hydrogen-bond acceptors (Lipinski definition) is 3. The molecule has 0 unspecified atom stereocenters. The van der Waals surface area contributed by atoms with Gasteiger partial charge in [0.05, 0.1) is 11.9 Å². The van der Waals surface area contributed by atoms with E-state index >= 15 is 0 Å². The van der Waals surface area contributed by atoms with Gasteiger partial charge in [-0.2, -0.15) is 0 Å². The van der Waals surface area contributed by atoms with Crippen molar-refractivity contribution < 1.29 is 4.79 Å². The third-order valence-electron chi connectivity index (χ3n) is 3.72. The predicted octanol–water partition coefficient (Wildman–Crippen LogP) is 2.72. The van der Waals surface area contributed by atoms with Crippen LogP contribution in [0.4, 0.5) is 10.5 Å². The maximum atomic E-state index is 11.9. The molecule has 0 spiro atoms. The molecule has 2 aromatic heterocycles. The Balaban J connectivity index is 1.56. The minimum absolute atomic E-state index is 0.154. The fourth-order valence-electron chi connectivity index (χ4n) is 2.61. The van der Waals surface area contributed by atoms with Crippen molar-refractivity contribution in [3.8, 4) is 5.82 Å². The Morgan fingerprint density at radius 3 is 2.76 bits per heavy atom. The van der Waals surface area contributed by atoms with Gasteiger partial charge in [-0.05, 0) is 25.0 Å². The first kappa shape index (κ1) is 13.6. The summed E-state index contributed by atoms with van der Waals surface area (Å²) < 4.78 is 1.81. The molecule has 2 aromatic rings. The first-order valence-corrected chi connectivity index (χ1v) is 7.33. The van der Waals surface area contributed by atoms with Gasteiger partial charge in [-0.15, -0.1) is 0 Å². The second kappa shape index (κ2) is 6.39. The number of carbonyl (C=O) groups excluding carboxylic acids is 1. The van der Waals surface area contributed by atoms with Crippen LogP contribution in [0.1, 0.15) is 32.1 Å². The lowest BCUT2D eigenvalue weighted by molar-refractivity contribution is 0.244. The molecule has 0 atom stereocenters. The molecule has 0 bridgehead atoms. The van der Waals surface area contributed by atoms with Crippen molar-refractivity contribution in [1.82, 2.24) is 19.9 Å². The van der Waals surface area contributed by atoms with Gasteiger partial charge in [-0.25, -0.2) is 14.8 Å². The minimum Gasteiger partial charge on any atom is -0.335 e. The maximum Gasteiger partial charge on any atom is 0.319 e. The largest absolute Gasteiger partial charge is 0.335 e. The number of imidazole rings is 1. The molecule has 21 heavy (non-hydrogen) atoms. The highest BCUT2D eigenvalue weighted by molar-refractivity contribution is 5.89. The van der Waals surface area contributed by atoms with Crippen molar-refractivity contribution >= 4 is 11.7 Å². The van der Waals surface area contributed by atoms with E-state index in [1.165, 1.54) is 19.3 Å². The highest BCUT2D eigenvalue weighted by Crippen LogP contribution is 2.17. The van der Waals surface area contributed by atoms with Crippen LogP contribution < -0.4 is 10.6 Å². The van der Waals surface area contributed by atoms with E-state index in [1.807, 2.05) is 22.9 Å². The third-order valence-corrected chi connectivity index (χ3v) is 3.72. The van der Waals surface area contributed by atoms with E-state index in [2.05, 4.69) is 20.6 Å². The number of anilines is 1. The van der Waals surface area contributed by atoms with Gasteiger partial charge in [-0.3, -0.25) is 4.57 Å². The molecule has 2 N–H and O–H groups in total. The third kappa shape index (κ3) is 3.59. The molecule has 0 radical (unpaired) electrons. The Kier molecular flexibility index (Phi) is 4.14. The molecular weight excluding hydrogens is 266 g/mol. The number of aromatic nitrogens is 3. The molecule has 110 valence electrons. The van der Waals surface area contributed by atoms with Gasteiger partial charge in [0.25, 0.3) is 0 Å². The molecular formula is C15H19N5O. The summed E-state index contributed by atoms with van der Waals surface area (Å²) in [5.74, 6) is 0.769. The zero-order valence-corrected chi connectivity index (χ0v) is 11.8. The topological polar surface area (TPSA) is 71.8 Å². The maximum absolute atomic E-state index is 11.9. The summed E-state index contributed by atoms with van der Waals surface area (Å²) >= 11 is 0. The fraction of sp³-hybridized carbons (Fsp3) is 0.400. The van der Waals surface area contributed by atoms with Crippen molar-refractivity contribution in [3.63, 3.8) is 0 Å². The normalized spacial score (nSPS) is 15.6. The van der Waals surface area contributed by atoms with Crippen molar-refractivity contribution in [2.24, 2.45) is 0 Å². The summed E-state index contributed by atoms with van der Waals surface area (Å²) in [5.41, 5.74) is 0.687. The van der Waals surface area contributed by atoms with Crippen LogP contribution in [0.2, 0.25) is 0 Å². The Labute approximate surface area is 123 Å². The predicted molar refractivity (Wildman–Crippen MR) is 80.4 cm³/mol. The van der Waals surface area contributed by atoms with Gasteiger partial charge in [0.1, 0.15) is 12.1 Å². The van der Waals surface area contributed by atoms with Crippen molar-refractivity contribution in [3.05, 3.63) is 37.1 Å². The van der Waals surface area contributed by atoms with Crippen LogP contribution in [0.5, 0.6) is 0 Å². The van der Waals surface area contributed by atoms with E-state index in [0.29, 0.717) is 11.7 Å². The SMILES string of the molecule is O=C(Nc1ccc(-n2ccnc2)nc1)NC1CCCCC1. The second-order valence-electron chi connectivity index (χ2n) is 5.31. The van der Waals surface area contributed by atoms with Crippen molar-refractivity contribution in [2.75, 3.05) is 5.32 Å². The van der Waals surface area contributed by atoms with Crippen LogP contribution >= 0.6 is 0 Å². The van der Waals surface area contributed by atoms with E-state index < -0.39 is 0 Å². The molecule has 0 saturated heterocycles. The summed E-state index contributed by atoms with van der Waals surface area (Å²) in [6.07, 6.45) is 12.7. The molecule has 2 amide bonds. The first-order valence-electron chi connectivity index (χ1n) is 7.33. The molecule has 1 saturated carbocycles. The summed E-state index contributed by atoms with van der Waals surface area (Å²) in [6.45, 7) is 0. The molecule has 1 fully saturated rings. The van der Waals surface area contributed by atoms with Crippen LogP contribution in [0, 0.1) is 0 Å². The molecule has 3 rings (SSSR count). The Morgan fingerprint density at radius 1 is 1.24 bits per heavy atom. The van der Waals surface area contributed by atoms with Crippen LogP contribution in [0.3, 0.4) is 0 Å². The van der Waals surface area contributed by atoms with Gasteiger partial charge in [0.15, 0.2) is 0 Å². The van der Waals surface area contributed by atoms with Gasteiger partial charge >= 0.3 is 6.03 Å². The molecule has 2 heterocycles. The van der Waals surface area contributed by atoms with Crippen LogP contribution in [-0.2, 0) is 0 Å². The van der Waals surface area contributed by atoms with E-state index in [0.717, 1.165) is 18.7 Å². The molecule has 6 heteroatoms. The van der Waals surface area contributed by atoms with Crippen LogP contribution in [-0.4, -0.2) is 26.6 Å². The van der Waals surface area contributed by atoms with Crippen LogP contribution in [0.15, 0.2) is 37.1 Å². The number of hydrogen-bond donors (Lipinski definition) is 2. The van der Waals surface area contributed by atoms with E-state index in [1.54, 1.807) is 18.7 Å². The Morgan fingerprint density at radius 2 is 2.10 bits per heavy atom. The number of amides is 2. The smallest absolute Gasteiger partial charge is 0.319 e. The molecule has 0 aromatic carbocycles. The van der Waals surface area contributed by atoms with Gasteiger partial charge in [0.2, 0.25) is 0 Å². The summed E-state index contributed by atoms with van der Waals surface area (Å²) in [7, 11) is 0. The van der Waals surface area contributed by atoms with E-state index in [9.17, 15) is 4.79 Å². The number of pyridine rings is 1. The molecule has 6 nitrogen and oxygen atoms in total. The fourth-order valence-corrected chi connectivity index (χ4v) is 2.61. The number of nitrogens with zero attached hydrogens (tertiary/aromatic N) is 3. The minimum atomic E-state index is -0.154. The quantitative estimate of drug-likeness (QED) is 0.910. The lowest BCUT2D eigenvalue weighted by atomic mass is 9.96. The number of nitrogens with one attached hydrogen (secondary N) is 2. The lowest BCUT2D eigenvalue weighted by Gasteiger charge is -2.22. The first-order chi connectivity index (χ1) is 10.3. The number of carbonyl (C=O) groups is 1. The average Bonchev–Trinajstić information content (AvgIpc) is 3.03. The second-order valence-corrected chi connectivity index (χ2v) is 5.31. The summed E-state index contributed by atoms with van der Waals surface area (Å²) in [6, 6.07) is 3.83. The zero-order chi connectivity index (χ0) is 14.5. The zero-order valence-electron chi connectivity index (χ0n) is 11.8. The standard InChI is InChI=1S/C15H19N5O/c21-15(18-12-4-2-1-3-5-12)19-13-6-7-14(17-10-13)20-9-8-16-11-20/h6-12H,1-5H2,(H2,18,19,21). The van der Waals surface area contributed by atoms with E-state index in [-0.39, 0.29) is 6.03 Å².